The molecule has 1 aliphatic heterocycles. The molecule has 0 atom stereocenters. The molecule has 0 radical (unpaired) electrons. The fourth-order valence-electron chi connectivity index (χ4n) is 4.04. The lowest BCUT2D eigenvalue weighted by Crippen LogP contribution is -2.51. The number of carbonyl (C=O) groups is 2. The summed E-state index contributed by atoms with van der Waals surface area (Å²) in [7, 11) is 1.57. The lowest BCUT2D eigenvalue weighted by molar-refractivity contribution is -0.117. The van der Waals surface area contributed by atoms with Crippen molar-refractivity contribution in [2.45, 2.75) is 13.3 Å². The number of hydrogen-bond acceptors (Lipinski definition) is 7. The van der Waals surface area contributed by atoms with Crippen LogP contribution in [0.2, 0.25) is 0 Å². The van der Waals surface area contributed by atoms with Gasteiger partial charge in [0.15, 0.2) is 0 Å². The van der Waals surface area contributed by atoms with Gasteiger partial charge in [-0.05, 0) is 49.4 Å². The number of hydrogen-bond donors (Lipinski definition) is 3. The zero-order chi connectivity index (χ0) is 26.0. The Hall–Kier alpha value is -4.18. The number of nitrogens with one attached hydrogen (secondary N) is 3. The summed E-state index contributed by atoms with van der Waals surface area (Å²) in [6, 6.07) is 17.5. The second kappa shape index (κ2) is 12.7. The molecule has 37 heavy (non-hydrogen) atoms. The molecule has 1 saturated heterocycles. The Labute approximate surface area is 217 Å². The molecule has 0 spiro atoms. The second-order valence-electron chi connectivity index (χ2n) is 8.62. The van der Waals surface area contributed by atoms with E-state index in [0.29, 0.717) is 38.6 Å². The molecule has 0 aliphatic carbocycles. The van der Waals surface area contributed by atoms with E-state index in [1.54, 1.807) is 13.3 Å². The number of methoxy groups -OCH3 is 1. The van der Waals surface area contributed by atoms with Crippen LogP contribution < -0.4 is 20.9 Å². The Balaban J connectivity index is 1.33. The van der Waals surface area contributed by atoms with E-state index in [1.807, 2.05) is 54.3 Å². The van der Waals surface area contributed by atoms with Crippen molar-refractivity contribution in [3.63, 3.8) is 0 Å². The summed E-state index contributed by atoms with van der Waals surface area (Å²) in [5.74, 6) is 0.411. The maximum absolute atomic E-state index is 12.0. The summed E-state index contributed by atoms with van der Waals surface area (Å²) in [5, 5.41) is 8.98. The highest BCUT2D eigenvalue weighted by molar-refractivity contribution is 5.91. The number of rotatable bonds is 9. The molecule has 0 unspecified atom stereocenters. The van der Waals surface area contributed by atoms with Gasteiger partial charge in [-0.15, -0.1) is 0 Å². The molecule has 1 aromatic heterocycles. The molecule has 0 saturated carbocycles. The summed E-state index contributed by atoms with van der Waals surface area (Å²) in [6.45, 7) is 5.95. The second-order valence-corrected chi connectivity index (χ2v) is 8.62. The van der Waals surface area contributed by atoms with Crippen molar-refractivity contribution in [1.29, 1.82) is 0 Å². The van der Waals surface area contributed by atoms with E-state index in [4.69, 9.17) is 4.74 Å². The number of anilines is 4. The maximum Gasteiger partial charge on any atom is 0.317 e. The Morgan fingerprint density at radius 2 is 1.65 bits per heavy atom. The average molecular weight is 504 g/mol. The van der Waals surface area contributed by atoms with Gasteiger partial charge in [0.25, 0.3) is 0 Å². The van der Waals surface area contributed by atoms with E-state index in [-0.39, 0.29) is 11.9 Å². The number of aromatic nitrogens is 2. The molecule has 10 heteroatoms. The minimum Gasteiger partial charge on any atom is -0.384 e. The van der Waals surface area contributed by atoms with Crippen molar-refractivity contribution < 1.29 is 14.3 Å². The minimum absolute atomic E-state index is 0.00425. The maximum atomic E-state index is 12.0. The first-order valence-electron chi connectivity index (χ1n) is 12.4. The first-order valence-corrected chi connectivity index (χ1v) is 12.4. The molecule has 3 amide bonds. The minimum atomic E-state index is -0.0872. The summed E-state index contributed by atoms with van der Waals surface area (Å²) in [5.41, 5.74) is 4.42. The van der Waals surface area contributed by atoms with Crippen LogP contribution in [0.5, 0.6) is 0 Å². The molecular weight excluding hydrogens is 470 g/mol. The zero-order valence-electron chi connectivity index (χ0n) is 21.2. The van der Waals surface area contributed by atoms with Crippen molar-refractivity contribution in [2.24, 2.45) is 0 Å². The molecule has 194 valence electrons. The summed E-state index contributed by atoms with van der Waals surface area (Å²) in [4.78, 5) is 37.0. The third kappa shape index (κ3) is 7.17. The van der Waals surface area contributed by atoms with Gasteiger partial charge in [0.05, 0.1) is 18.7 Å². The van der Waals surface area contributed by atoms with E-state index in [9.17, 15) is 9.59 Å². The lowest BCUT2D eigenvalue weighted by atomic mass is 10.1. The smallest absolute Gasteiger partial charge is 0.317 e. The van der Waals surface area contributed by atoms with E-state index >= 15 is 0 Å². The standard InChI is InChI=1S/C27H33N7O3/c1-3-28-27(36)34-17-15-33(16-18-34)23-10-8-22(9-11-23)31-26-29-14-12-24(32-26)20-4-6-21(7-5-20)30-25(35)13-19-37-2/h4-12,14H,3,13,15-19H2,1-2H3,(H,28,36)(H,30,35)(H,29,31,32). The number of ether oxygens (including phenoxy) is 1. The van der Waals surface area contributed by atoms with E-state index < -0.39 is 0 Å². The van der Waals surface area contributed by atoms with Gasteiger partial charge in [-0.1, -0.05) is 12.1 Å². The number of piperazine rings is 1. The highest BCUT2D eigenvalue weighted by atomic mass is 16.5. The Morgan fingerprint density at radius 3 is 2.32 bits per heavy atom. The predicted octanol–water partition coefficient (Wildman–Crippen LogP) is 3.71. The van der Waals surface area contributed by atoms with Gasteiger partial charge in [-0.2, -0.15) is 0 Å². The van der Waals surface area contributed by atoms with Gasteiger partial charge in [0.1, 0.15) is 0 Å². The molecule has 2 heterocycles. The summed E-state index contributed by atoms with van der Waals surface area (Å²) >= 11 is 0. The Morgan fingerprint density at radius 1 is 0.946 bits per heavy atom. The molecular formula is C27H33N7O3. The lowest BCUT2D eigenvalue weighted by Gasteiger charge is -2.36. The van der Waals surface area contributed by atoms with Crippen LogP contribution in [0.15, 0.2) is 60.8 Å². The molecule has 0 bridgehead atoms. The molecule has 4 rings (SSSR count). The highest BCUT2D eigenvalue weighted by Crippen LogP contribution is 2.24. The van der Waals surface area contributed by atoms with Crippen molar-refractivity contribution in [2.75, 3.05) is 62.0 Å². The van der Waals surface area contributed by atoms with Crippen LogP contribution in [-0.4, -0.2) is 73.2 Å². The van der Waals surface area contributed by atoms with E-state index in [2.05, 4.69) is 43.0 Å². The van der Waals surface area contributed by atoms with Gasteiger partial charge >= 0.3 is 6.03 Å². The van der Waals surface area contributed by atoms with Crippen LogP contribution in [0.4, 0.5) is 27.8 Å². The molecule has 2 aromatic carbocycles. The van der Waals surface area contributed by atoms with Gasteiger partial charge < -0.3 is 30.5 Å². The first-order chi connectivity index (χ1) is 18.1. The van der Waals surface area contributed by atoms with Crippen LogP contribution in [0.1, 0.15) is 13.3 Å². The van der Waals surface area contributed by atoms with Crippen molar-refractivity contribution in [3.8, 4) is 11.3 Å². The number of nitrogens with zero attached hydrogens (tertiary/aromatic N) is 4. The molecule has 1 fully saturated rings. The summed E-state index contributed by atoms with van der Waals surface area (Å²) in [6.07, 6.45) is 2.03. The Bertz CT molecular complexity index is 1180. The number of amides is 3. The van der Waals surface area contributed by atoms with Crippen molar-refractivity contribution in [3.05, 3.63) is 60.8 Å². The molecule has 1 aliphatic rings. The normalized spacial score (nSPS) is 13.2. The fraction of sp³-hybridized carbons (Fsp3) is 0.333. The average Bonchev–Trinajstić information content (AvgIpc) is 2.93. The topological polar surface area (TPSA) is 112 Å². The largest absolute Gasteiger partial charge is 0.384 e. The molecule has 10 nitrogen and oxygen atoms in total. The summed E-state index contributed by atoms with van der Waals surface area (Å²) < 4.78 is 4.94. The molecule has 3 N–H and O–H groups in total. The third-order valence-corrected chi connectivity index (χ3v) is 6.04. The SMILES string of the molecule is CCNC(=O)N1CCN(c2ccc(Nc3nccc(-c4ccc(NC(=O)CCOC)cc4)n3)cc2)CC1. The number of urea groups is 1. The van der Waals surface area contributed by atoms with Crippen LogP contribution in [0.25, 0.3) is 11.3 Å². The monoisotopic (exact) mass is 503 g/mol. The van der Waals surface area contributed by atoms with Gasteiger partial charge in [0, 0.05) is 68.7 Å². The Kier molecular flexibility index (Phi) is 8.88. The molecule has 3 aromatic rings. The van der Waals surface area contributed by atoms with Crippen LogP contribution in [0, 0.1) is 0 Å². The van der Waals surface area contributed by atoms with E-state index in [0.717, 1.165) is 41.4 Å². The van der Waals surface area contributed by atoms with Crippen molar-refractivity contribution in [1.82, 2.24) is 20.2 Å². The van der Waals surface area contributed by atoms with Crippen LogP contribution in [-0.2, 0) is 9.53 Å². The van der Waals surface area contributed by atoms with Crippen LogP contribution >= 0.6 is 0 Å². The van der Waals surface area contributed by atoms with Gasteiger partial charge in [-0.3, -0.25) is 4.79 Å². The predicted molar refractivity (Wildman–Crippen MR) is 145 cm³/mol. The van der Waals surface area contributed by atoms with Gasteiger partial charge in [0.2, 0.25) is 11.9 Å². The third-order valence-electron chi connectivity index (χ3n) is 6.04. The van der Waals surface area contributed by atoms with Crippen molar-refractivity contribution >= 4 is 34.9 Å². The van der Waals surface area contributed by atoms with Gasteiger partial charge in [-0.25, -0.2) is 14.8 Å². The first kappa shape index (κ1) is 25.9. The van der Waals surface area contributed by atoms with E-state index in [1.165, 1.54) is 0 Å². The number of carbonyl (C=O) groups excluding carboxylic acids is 2. The fourth-order valence-corrected chi connectivity index (χ4v) is 4.04. The number of benzene rings is 2. The quantitative estimate of drug-likeness (QED) is 0.408. The highest BCUT2D eigenvalue weighted by Gasteiger charge is 2.20. The van der Waals surface area contributed by atoms with Crippen LogP contribution in [0.3, 0.4) is 0 Å². The zero-order valence-corrected chi connectivity index (χ0v) is 21.2.